The molecule has 1 aliphatic rings. The van der Waals surface area contributed by atoms with Crippen LogP contribution in [0.5, 0.6) is 11.5 Å². The summed E-state index contributed by atoms with van der Waals surface area (Å²) in [5.41, 5.74) is 1.05. The molecule has 188 valence electrons. The normalized spacial score (nSPS) is 17.0. The van der Waals surface area contributed by atoms with Crippen LogP contribution in [0.25, 0.3) is 5.76 Å². The Morgan fingerprint density at radius 2 is 1.89 bits per heavy atom. The number of halogens is 1. The highest BCUT2D eigenvalue weighted by atomic mass is 35.5. The standard InChI is InChI=1S/C27H28ClN3O5/c1-3-15-36-21-10-7-19(16-22(21)35-2)24-23(25(32)18-5-8-20(28)9-6-18)26(33)27(34)31(24)13-4-12-30-14-11-29-17-30/h5-11,14,16-17,24,32H,3-4,12-13,15H2,1-2H3/b25-23+. The van der Waals surface area contributed by atoms with Crippen molar-refractivity contribution in [2.75, 3.05) is 20.3 Å². The van der Waals surface area contributed by atoms with Crippen molar-refractivity contribution in [1.29, 1.82) is 0 Å². The van der Waals surface area contributed by atoms with Gasteiger partial charge in [0.05, 0.1) is 31.7 Å². The van der Waals surface area contributed by atoms with Crippen molar-refractivity contribution in [3.63, 3.8) is 0 Å². The third-order valence-electron chi connectivity index (χ3n) is 6.00. The minimum atomic E-state index is -0.794. The summed E-state index contributed by atoms with van der Waals surface area (Å²) in [6, 6.07) is 11.0. The van der Waals surface area contributed by atoms with Crippen molar-refractivity contribution in [2.45, 2.75) is 32.4 Å². The number of Topliss-reactive ketones (excluding diaryl/α,β-unsaturated/α-hetero) is 1. The number of aliphatic hydroxyl groups excluding tert-OH is 1. The van der Waals surface area contributed by atoms with E-state index in [1.807, 2.05) is 17.7 Å². The second kappa shape index (κ2) is 11.3. The van der Waals surface area contributed by atoms with Gasteiger partial charge in [-0.25, -0.2) is 4.98 Å². The maximum atomic E-state index is 13.2. The smallest absolute Gasteiger partial charge is 0.295 e. The Balaban J connectivity index is 1.75. The molecule has 1 atom stereocenters. The molecule has 1 unspecified atom stereocenters. The van der Waals surface area contributed by atoms with Crippen LogP contribution in [0.3, 0.4) is 0 Å². The molecule has 1 N–H and O–H groups in total. The summed E-state index contributed by atoms with van der Waals surface area (Å²) >= 11 is 6.00. The summed E-state index contributed by atoms with van der Waals surface area (Å²) < 4.78 is 13.2. The van der Waals surface area contributed by atoms with Crippen LogP contribution in [0.2, 0.25) is 5.02 Å². The van der Waals surface area contributed by atoms with Crippen molar-refractivity contribution < 1.29 is 24.2 Å². The van der Waals surface area contributed by atoms with E-state index in [-0.39, 0.29) is 11.3 Å². The van der Waals surface area contributed by atoms with Crippen LogP contribution in [-0.4, -0.2) is 51.5 Å². The molecule has 3 aromatic rings. The van der Waals surface area contributed by atoms with E-state index >= 15 is 0 Å². The van der Waals surface area contributed by atoms with Crippen LogP contribution in [0, 0.1) is 0 Å². The fraction of sp³-hybridized carbons (Fsp3) is 0.296. The van der Waals surface area contributed by atoms with E-state index in [4.69, 9.17) is 21.1 Å². The first-order valence-electron chi connectivity index (χ1n) is 11.8. The zero-order valence-corrected chi connectivity index (χ0v) is 20.9. The van der Waals surface area contributed by atoms with Gasteiger partial charge in [-0.2, -0.15) is 0 Å². The van der Waals surface area contributed by atoms with Gasteiger partial charge in [0, 0.05) is 36.1 Å². The largest absolute Gasteiger partial charge is 0.507 e. The van der Waals surface area contributed by atoms with E-state index in [9.17, 15) is 14.7 Å². The number of nitrogens with zero attached hydrogens (tertiary/aromatic N) is 3. The number of aromatic nitrogens is 2. The van der Waals surface area contributed by atoms with Gasteiger partial charge in [0.1, 0.15) is 5.76 Å². The first-order valence-corrected chi connectivity index (χ1v) is 12.1. The highest BCUT2D eigenvalue weighted by molar-refractivity contribution is 6.46. The summed E-state index contributed by atoms with van der Waals surface area (Å²) in [6.07, 6.45) is 6.66. The molecule has 2 aromatic carbocycles. The number of carbonyl (C=O) groups excluding carboxylic acids is 2. The number of benzene rings is 2. The number of ether oxygens (including phenoxy) is 2. The highest BCUT2D eigenvalue weighted by Crippen LogP contribution is 2.42. The number of rotatable bonds is 10. The van der Waals surface area contributed by atoms with Crippen LogP contribution in [0.15, 0.2) is 66.8 Å². The summed E-state index contributed by atoms with van der Waals surface area (Å²) in [6.45, 7) is 3.47. The number of ketones is 1. The van der Waals surface area contributed by atoms with E-state index in [0.29, 0.717) is 53.8 Å². The lowest BCUT2D eigenvalue weighted by Crippen LogP contribution is -2.31. The minimum absolute atomic E-state index is 0.0224. The molecule has 0 spiro atoms. The molecule has 1 fully saturated rings. The lowest BCUT2D eigenvalue weighted by atomic mass is 9.95. The molecule has 1 amide bonds. The van der Waals surface area contributed by atoms with Gasteiger partial charge in [-0.15, -0.1) is 0 Å². The average molecular weight is 510 g/mol. The van der Waals surface area contributed by atoms with Crippen LogP contribution >= 0.6 is 11.6 Å². The maximum absolute atomic E-state index is 13.2. The van der Waals surface area contributed by atoms with Crippen molar-refractivity contribution in [1.82, 2.24) is 14.5 Å². The number of amides is 1. The lowest BCUT2D eigenvalue weighted by Gasteiger charge is -2.26. The Labute approximate surface area is 214 Å². The molecular formula is C27H28ClN3O5. The third kappa shape index (κ3) is 5.23. The number of aryl methyl sites for hydroxylation is 1. The van der Waals surface area contributed by atoms with E-state index in [1.165, 1.54) is 12.0 Å². The Bertz CT molecular complexity index is 1250. The van der Waals surface area contributed by atoms with Gasteiger partial charge in [0.2, 0.25) is 0 Å². The second-order valence-corrected chi connectivity index (χ2v) is 8.85. The second-order valence-electron chi connectivity index (χ2n) is 8.41. The van der Waals surface area contributed by atoms with Crippen molar-refractivity contribution in [3.8, 4) is 11.5 Å². The zero-order chi connectivity index (χ0) is 25.7. The number of carbonyl (C=O) groups is 2. The quantitative estimate of drug-likeness (QED) is 0.238. The SMILES string of the molecule is CCCOc1ccc(C2/C(=C(\O)c3ccc(Cl)cc3)C(=O)C(=O)N2CCCn2ccnc2)cc1OC. The lowest BCUT2D eigenvalue weighted by molar-refractivity contribution is -0.139. The van der Waals surface area contributed by atoms with Gasteiger partial charge >= 0.3 is 0 Å². The van der Waals surface area contributed by atoms with Gasteiger partial charge in [0.25, 0.3) is 11.7 Å². The Morgan fingerprint density at radius 3 is 2.56 bits per heavy atom. The summed E-state index contributed by atoms with van der Waals surface area (Å²) in [5.74, 6) is -0.599. The van der Waals surface area contributed by atoms with Crippen molar-refractivity contribution >= 4 is 29.1 Å². The minimum Gasteiger partial charge on any atom is -0.507 e. The molecule has 0 bridgehead atoms. The number of likely N-dealkylation sites (tertiary alicyclic amines) is 1. The topological polar surface area (TPSA) is 93.9 Å². The molecule has 36 heavy (non-hydrogen) atoms. The molecule has 8 nitrogen and oxygen atoms in total. The van der Waals surface area contributed by atoms with Crippen molar-refractivity contribution in [3.05, 3.63) is 82.9 Å². The molecule has 4 rings (SSSR count). The third-order valence-corrected chi connectivity index (χ3v) is 6.25. The van der Waals surface area contributed by atoms with Crippen molar-refractivity contribution in [2.24, 2.45) is 0 Å². The van der Waals surface area contributed by atoms with Gasteiger partial charge in [-0.3, -0.25) is 9.59 Å². The monoisotopic (exact) mass is 509 g/mol. The number of methoxy groups -OCH3 is 1. The van der Waals surface area contributed by atoms with Gasteiger partial charge in [-0.1, -0.05) is 24.6 Å². The van der Waals surface area contributed by atoms with Gasteiger partial charge in [0.15, 0.2) is 11.5 Å². The molecule has 0 saturated carbocycles. The number of imidazole rings is 1. The molecular weight excluding hydrogens is 482 g/mol. The van der Waals surface area contributed by atoms with E-state index in [0.717, 1.165) is 6.42 Å². The highest BCUT2D eigenvalue weighted by Gasteiger charge is 2.46. The number of aliphatic hydroxyl groups is 1. The predicted molar refractivity (Wildman–Crippen MR) is 136 cm³/mol. The fourth-order valence-corrected chi connectivity index (χ4v) is 4.37. The van der Waals surface area contributed by atoms with Crippen LogP contribution in [-0.2, 0) is 16.1 Å². The average Bonchev–Trinajstić information content (AvgIpc) is 3.49. The molecule has 2 heterocycles. The molecule has 0 radical (unpaired) electrons. The van der Waals surface area contributed by atoms with Gasteiger partial charge in [-0.05, 0) is 54.8 Å². The first kappa shape index (κ1) is 25.3. The van der Waals surface area contributed by atoms with Crippen LogP contribution in [0.1, 0.15) is 36.9 Å². The fourth-order valence-electron chi connectivity index (χ4n) is 4.25. The molecule has 1 saturated heterocycles. The first-order chi connectivity index (χ1) is 17.4. The zero-order valence-electron chi connectivity index (χ0n) is 20.2. The predicted octanol–water partition coefficient (Wildman–Crippen LogP) is 4.85. The Morgan fingerprint density at radius 1 is 1.11 bits per heavy atom. The molecule has 1 aliphatic heterocycles. The Kier molecular flexibility index (Phi) is 7.95. The van der Waals surface area contributed by atoms with Crippen LogP contribution in [0.4, 0.5) is 0 Å². The maximum Gasteiger partial charge on any atom is 0.295 e. The van der Waals surface area contributed by atoms with E-state index < -0.39 is 17.7 Å². The number of hydrogen-bond acceptors (Lipinski definition) is 6. The molecule has 0 aliphatic carbocycles. The van der Waals surface area contributed by atoms with Crippen LogP contribution < -0.4 is 9.47 Å². The summed E-state index contributed by atoms with van der Waals surface area (Å²) in [5, 5.41) is 11.7. The summed E-state index contributed by atoms with van der Waals surface area (Å²) in [4.78, 5) is 31.9. The van der Waals surface area contributed by atoms with E-state index in [1.54, 1.807) is 55.0 Å². The number of hydrogen-bond donors (Lipinski definition) is 1. The Hall–Kier alpha value is -3.78. The molecule has 1 aromatic heterocycles. The van der Waals surface area contributed by atoms with E-state index in [2.05, 4.69) is 4.98 Å². The molecule has 9 heteroatoms. The summed E-state index contributed by atoms with van der Waals surface area (Å²) in [7, 11) is 1.54. The van der Waals surface area contributed by atoms with Gasteiger partial charge < -0.3 is 24.0 Å².